The lowest BCUT2D eigenvalue weighted by Crippen LogP contribution is -2.28. The summed E-state index contributed by atoms with van der Waals surface area (Å²) in [5.74, 6) is 0.194. The van der Waals surface area contributed by atoms with Crippen molar-refractivity contribution in [2.24, 2.45) is 0 Å². The number of aliphatic hydroxyl groups excluding tert-OH is 1. The van der Waals surface area contributed by atoms with E-state index in [2.05, 4.69) is 24.3 Å². The van der Waals surface area contributed by atoms with Crippen LogP contribution < -0.4 is 10.1 Å². The number of benzene rings is 2. The summed E-state index contributed by atoms with van der Waals surface area (Å²) in [4.78, 5) is 12.3. The molecule has 0 saturated carbocycles. The molecule has 1 amide bonds. The Bertz CT molecular complexity index is 937. The van der Waals surface area contributed by atoms with Crippen molar-refractivity contribution in [1.82, 2.24) is 15.1 Å². The molecule has 0 saturated heterocycles. The molecule has 3 rings (SSSR count). The van der Waals surface area contributed by atoms with Crippen molar-refractivity contribution in [3.8, 4) is 5.75 Å². The molecule has 2 N–H and O–H groups in total. The van der Waals surface area contributed by atoms with Gasteiger partial charge in [0.15, 0.2) is 6.73 Å². The lowest BCUT2D eigenvalue weighted by atomic mass is 10.00. The third-order valence-electron chi connectivity index (χ3n) is 4.49. The van der Waals surface area contributed by atoms with Crippen molar-refractivity contribution in [3.05, 3.63) is 83.4 Å². The Balaban J connectivity index is 1.49. The lowest BCUT2D eigenvalue weighted by molar-refractivity contribution is 0.0909. The molecule has 7 heteroatoms. The minimum atomic E-state index is -0.802. The second-order valence-electron chi connectivity index (χ2n) is 7.01. The minimum absolute atomic E-state index is 0.0821. The van der Waals surface area contributed by atoms with Crippen LogP contribution in [0.5, 0.6) is 5.75 Å². The molecule has 3 aromatic rings. The zero-order valence-corrected chi connectivity index (χ0v) is 16.4. The number of ether oxygens (including phenoxy) is 1. The van der Waals surface area contributed by atoms with Gasteiger partial charge in [0.05, 0.1) is 6.10 Å². The van der Waals surface area contributed by atoms with Gasteiger partial charge in [-0.2, -0.15) is 5.10 Å². The highest BCUT2D eigenvalue weighted by Gasteiger charge is 2.13. The highest BCUT2D eigenvalue weighted by atomic mass is 19.1. The monoisotopic (exact) mass is 397 g/mol. The van der Waals surface area contributed by atoms with E-state index in [-0.39, 0.29) is 30.7 Å². The van der Waals surface area contributed by atoms with Crippen molar-refractivity contribution in [2.75, 3.05) is 6.54 Å². The third-order valence-corrected chi connectivity index (χ3v) is 4.49. The predicted octanol–water partition coefficient (Wildman–Crippen LogP) is 3.65. The molecular formula is C22H24FN3O3. The zero-order valence-electron chi connectivity index (χ0n) is 16.4. The number of nitrogens with zero attached hydrogens (tertiary/aromatic N) is 2. The fourth-order valence-electron chi connectivity index (χ4n) is 2.73. The van der Waals surface area contributed by atoms with Crippen LogP contribution in [0.15, 0.2) is 60.8 Å². The average Bonchev–Trinajstić information content (AvgIpc) is 3.20. The van der Waals surface area contributed by atoms with Crippen LogP contribution in [0.3, 0.4) is 0 Å². The van der Waals surface area contributed by atoms with E-state index in [4.69, 9.17) is 4.74 Å². The first kappa shape index (κ1) is 20.5. The van der Waals surface area contributed by atoms with E-state index in [1.165, 1.54) is 34.5 Å². The number of carbonyl (C=O) groups is 1. The Morgan fingerprint density at radius 3 is 2.41 bits per heavy atom. The molecule has 0 aliphatic carbocycles. The summed E-state index contributed by atoms with van der Waals surface area (Å²) < 4.78 is 19.8. The number of nitrogens with one attached hydrogen (secondary N) is 1. The number of halogens is 1. The number of hydrogen-bond donors (Lipinski definition) is 2. The predicted molar refractivity (Wildman–Crippen MR) is 107 cm³/mol. The second-order valence-corrected chi connectivity index (χ2v) is 7.01. The molecule has 29 heavy (non-hydrogen) atoms. The van der Waals surface area contributed by atoms with Crippen LogP contribution in [0.25, 0.3) is 0 Å². The molecular weight excluding hydrogens is 373 g/mol. The summed E-state index contributed by atoms with van der Waals surface area (Å²) in [6, 6.07) is 14.9. The van der Waals surface area contributed by atoms with E-state index in [0.717, 1.165) is 5.56 Å². The topological polar surface area (TPSA) is 76.4 Å². The van der Waals surface area contributed by atoms with E-state index in [1.807, 2.05) is 24.3 Å². The number of hydrogen-bond acceptors (Lipinski definition) is 4. The van der Waals surface area contributed by atoms with Crippen molar-refractivity contribution in [1.29, 1.82) is 0 Å². The van der Waals surface area contributed by atoms with Crippen LogP contribution in [0, 0.1) is 5.82 Å². The Morgan fingerprint density at radius 1 is 1.10 bits per heavy atom. The first-order valence-corrected chi connectivity index (χ1v) is 9.40. The van der Waals surface area contributed by atoms with Crippen LogP contribution in [0.4, 0.5) is 4.39 Å². The molecule has 1 heterocycles. The Hall–Kier alpha value is -3.19. The van der Waals surface area contributed by atoms with E-state index in [0.29, 0.717) is 11.7 Å². The van der Waals surface area contributed by atoms with Gasteiger partial charge in [0.2, 0.25) is 0 Å². The van der Waals surface area contributed by atoms with Gasteiger partial charge in [0, 0.05) is 12.7 Å². The van der Waals surface area contributed by atoms with Gasteiger partial charge < -0.3 is 15.2 Å². The van der Waals surface area contributed by atoms with Crippen molar-refractivity contribution in [2.45, 2.75) is 32.6 Å². The number of carbonyl (C=O) groups excluding carboxylic acids is 1. The molecule has 152 valence electrons. The molecule has 0 fully saturated rings. The largest absolute Gasteiger partial charge is 0.471 e. The molecule has 1 atom stereocenters. The summed E-state index contributed by atoms with van der Waals surface area (Å²) in [7, 11) is 0. The quantitative estimate of drug-likeness (QED) is 0.608. The van der Waals surface area contributed by atoms with Crippen LogP contribution in [-0.2, 0) is 6.73 Å². The van der Waals surface area contributed by atoms with Gasteiger partial charge in [0.25, 0.3) is 5.91 Å². The van der Waals surface area contributed by atoms with Gasteiger partial charge in [-0.3, -0.25) is 4.79 Å². The van der Waals surface area contributed by atoms with Crippen molar-refractivity contribution in [3.63, 3.8) is 0 Å². The van der Waals surface area contributed by atoms with E-state index >= 15 is 0 Å². The van der Waals surface area contributed by atoms with Crippen LogP contribution in [0.2, 0.25) is 0 Å². The van der Waals surface area contributed by atoms with Gasteiger partial charge in [0.1, 0.15) is 17.3 Å². The number of amides is 1. The van der Waals surface area contributed by atoms with Gasteiger partial charge in [-0.15, -0.1) is 0 Å². The van der Waals surface area contributed by atoms with Gasteiger partial charge in [-0.1, -0.05) is 38.1 Å². The molecule has 6 nitrogen and oxygen atoms in total. The normalized spacial score (nSPS) is 12.0. The maximum Gasteiger partial charge on any atom is 0.271 e. The van der Waals surface area contributed by atoms with E-state index in [9.17, 15) is 14.3 Å². The second kappa shape index (κ2) is 9.34. The minimum Gasteiger partial charge on any atom is -0.471 e. The van der Waals surface area contributed by atoms with Gasteiger partial charge in [-0.25, -0.2) is 9.07 Å². The molecule has 1 unspecified atom stereocenters. The number of rotatable bonds is 8. The Labute approximate surface area is 168 Å². The highest BCUT2D eigenvalue weighted by Crippen LogP contribution is 2.18. The standard InChI is InChI=1S/C22H24FN3O3/c1-15(2)16-3-5-17(6-4-16)21(27)13-24-22(28)20-11-12-26(25-20)14-29-19-9-7-18(23)8-10-19/h3-12,15,21,27H,13-14H2,1-2H3,(H,24,28). The van der Waals surface area contributed by atoms with Crippen LogP contribution in [-0.4, -0.2) is 27.3 Å². The van der Waals surface area contributed by atoms with E-state index in [1.54, 1.807) is 12.3 Å². The van der Waals surface area contributed by atoms with Crippen molar-refractivity contribution < 1.29 is 19.0 Å². The zero-order chi connectivity index (χ0) is 20.8. The fraction of sp³-hybridized carbons (Fsp3) is 0.273. The summed E-state index contributed by atoms with van der Waals surface area (Å²) in [5, 5.41) is 17.1. The summed E-state index contributed by atoms with van der Waals surface area (Å²) in [5.41, 5.74) is 2.15. The summed E-state index contributed by atoms with van der Waals surface area (Å²) in [6.45, 7) is 4.38. The molecule has 0 aliphatic heterocycles. The van der Waals surface area contributed by atoms with Gasteiger partial charge in [-0.05, 0) is 47.4 Å². The molecule has 2 aromatic carbocycles. The average molecular weight is 397 g/mol. The molecule has 0 spiro atoms. The smallest absolute Gasteiger partial charge is 0.271 e. The Morgan fingerprint density at radius 2 is 1.76 bits per heavy atom. The maximum absolute atomic E-state index is 12.9. The van der Waals surface area contributed by atoms with Gasteiger partial charge >= 0.3 is 0 Å². The first-order valence-electron chi connectivity index (χ1n) is 9.40. The Kier molecular flexibility index (Phi) is 6.61. The molecule has 0 aliphatic rings. The first-order chi connectivity index (χ1) is 13.9. The third kappa shape index (κ3) is 5.65. The van der Waals surface area contributed by atoms with Crippen LogP contribution in [0.1, 0.15) is 47.5 Å². The molecule has 0 radical (unpaired) electrons. The molecule has 1 aromatic heterocycles. The van der Waals surface area contributed by atoms with Crippen molar-refractivity contribution >= 4 is 5.91 Å². The van der Waals surface area contributed by atoms with E-state index < -0.39 is 6.10 Å². The summed E-state index contributed by atoms with van der Waals surface area (Å²) in [6.07, 6.45) is 0.809. The summed E-state index contributed by atoms with van der Waals surface area (Å²) >= 11 is 0. The van der Waals surface area contributed by atoms with Crippen LogP contribution >= 0.6 is 0 Å². The number of aliphatic hydroxyl groups is 1. The fourth-order valence-corrected chi connectivity index (χ4v) is 2.73. The highest BCUT2D eigenvalue weighted by molar-refractivity contribution is 5.92. The number of aromatic nitrogens is 2. The SMILES string of the molecule is CC(C)c1ccc(C(O)CNC(=O)c2ccn(COc3ccc(F)cc3)n2)cc1. The molecule has 0 bridgehead atoms. The maximum atomic E-state index is 12.9. The lowest BCUT2D eigenvalue weighted by Gasteiger charge is -2.13.